The largest absolute Gasteiger partial charge is 0.462 e. The lowest BCUT2D eigenvalue weighted by atomic mass is 10.0. The second-order valence-corrected chi connectivity index (χ2v) is 19.3. The maximum atomic E-state index is 13.3. The number of allylic oxidation sites excluding steroid dienone is 12. The van der Waals surface area contributed by atoms with E-state index in [2.05, 4.69) is 99.0 Å². The van der Waals surface area contributed by atoms with E-state index in [-0.39, 0.29) is 24.9 Å². The zero-order chi connectivity index (χ0) is 48.8. The maximum Gasteiger partial charge on any atom is 0.306 e. The number of rotatable bonds is 51. The summed E-state index contributed by atoms with van der Waals surface area (Å²) in [7, 11) is 0. The lowest BCUT2D eigenvalue weighted by molar-refractivity contribution is -0.151. The fourth-order valence-electron chi connectivity index (χ4n) is 8.46. The number of ether oxygens (including phenoxy) is 1. The van der Waals surface area contributed by atoms with Gasteiger partial charge >= 0.3 is 5.97 Å². The van der Waals surface area contributed by atoms with E-state index in [4.69, 9.17) is 4.74 Å². The molecule has 0 heterocycles. The molecule has 3 atom stereocenters. The fraction of sp³-hybridized carbons (Fsp3) is 0.770. The second kappa shape index (κ2) is 54.2. The molecule has 0 bridgehead atoms. The highest BCUT2D eigenvalue weighted by molar-refractivity contribution is 5.77. The first kappa shape index (κ1) is 64.3. The Bertz CT molecular complexity index is 1230. The van der Waals surface area contributed by atoms with Gasteiger partial charge in [0.1, 0.15) is 6.10 Å². The lowest BCUT2D eigenvalue weighted by Gasteiger charge is -2.24. The summed E-state index contributed by atoms with van der Waals surface area (Å²) in [6, 6.07) is -0.724. The SMILES string of the molecule is CC/C=C\C/C=C\C/C=C\C/C=C\C/C=C\CCCC(CC(=O)NC(CO)C(O)CCCCCCCCCCCCCCCC)OC(=O)CCCCCCCCC/C=C/CCCCCCCC. The van der Waals surface area contributed by atoms with Gasteiger partial charge in [0.2, 0.25) is 5.91 Å². The first-order chi connectivity index (χ1) is 33.0. The third kappa shape index (κ3) is 49.5. The average Bonchev–Trinajstić information content (AvgIpc) is 3.32. The van der Waals surface area contributed by atoms with Gasteiger partial charge in [-0.25, -0.2) is 0 Å². The first-order valence-corrected chi connectivity index (χ1v) is 28.7. The van der Waals surface area contributed by atoms with Crippen LogP contribution in [0, 0.1) is 0 Å². The molecule has 0 fully saturated rings. The molecule has 388 valence electrons. The van der Waals surface area contributed by atoms with E-state index >= 15 is 0 Å². The van der Waals surface area contributed by atoms with E-state index in [0.717, 1.165) is 83.5 Å². The molecule has 3 N–H and O–H groups in total. The molecule has 0 aliphatic rings. The summed E-state index contributed by atoms with van der Waals surface area (Å²) in [5, 5.41) is 23.9. The number of amides is 1. The number of aliphatic hydroxyl groups is 2. The second-order valence-electron chi connectivity index (χ2n) is 19.3. The van der Waals surface area contributed by atoms with Crippen LogP contribution in [0.15, 0.2) is 72.9 Å². The topological polar surface area (TPSA) is 95.9 Å². The molecule has 0 rings (SSSR count). The van der Waals surface area contributed by atoms with Crippen LogP contribution in [0.1, 0.15) is 278 Å². The zero-order valence-corrected chi connectivity index (χ0v) is 44.3. The minimum atomic E-state index is -0.806. The third-order valence-corrected chi connectivity index (χ3v) is 12.8. The van der Waals surface area contributed by atoms with Gasteiger partial charge in [0.25, 0.3) is 0 Å². The highest BCUT2D eigenvalue weighted by Crippen LogP contribution is 2.17. The summed E-state index contributed by atoms with van der Waals surface area (Å²) in [4.78, 5) is 26.3. The van der Waals surface area contributed by atoms with Crippen molar-refractivity contribution in [2.45, 2.75) is 296 Å². The van der Waals surface area contributed by atoms with Crippen molar-refractivity contribution in [2.24, 2.45) is 0 Å². The Hall–Kier alpha value is -2.70. The predicted octanol–water partition coefficient (Wildman–Crippen LogP) is 17.7. The van der Waals surface area contributed by atoms with Gasteiger partial charge in [-0.1, -0.05) is 248 Å². The van der Waals surface area contributed by atoms with Crippen molar-refractivity contribution in [2.75, 3.05) is 6.61 Å². The van der Waals surface area contributed by atoms with Gasteiger partial charge in [-0.3, -0.25) is 9.59 Å². The van der Waals surface area contributed by atoms with Gasteiger partial charge in [0.15, 0.2) is 0 Å². The predicted molar refractivity (Wildman–Crippen MR) is 291 cm³/mol. The number of esters is 1. The van der Waals surface area contributed by atoms with Crippen LogP contribution < -0.4 is 5.32 Å². The number of carbonyl (C=O) groups is 2. The number of unbranched alkanes of at least 4 members (excludes halogenated alkanes) is 27. The van der Waals surface area contributed by atoms with E-state index < -0.39 is 18.2 Å². The molecule has 6 nitrogen and oxygen atoms in total. The van der Waals surface area contributed by atoms with Crippen molar-refractivity contribution in [3.8, 4) is 0 Å². The molecule has 6 heteroatoms. The Balaban J connectivity index is 4.67. The van der Waals surface area contributed by atoms with Crippen LogP contribution in [0.2, 0.25) is 0 Å². The molecule has 0 radical (unpaired) electrons. The molecule has 67 heavy (non-hydrogen) atoms. The Morgan fingerprint density at radius 1 is 0.448 bits per heavy atom. The van der Waals surface area contributed by atoms with Crippen molar-refractivity contribution < 1.29 is 24.5 Å². The number of aliphatic hydroxyl groups excluding tert-OH is 2. The van der Waals surface area contributed by atoms with E-state index in [1.165, 1.54) is 148 Å². The standard InChI is InChI=1S/C61H109NO5/c1-4-7-10-13-16-19-22-25-28-30-32-34-37-40-43-46-49-52-57(67-61(66)54-51-48-45-42-39-36-33-31-29-26-23-20-17-14-11-8-5-2)55-60(65)62-58(56-63)59(64)53-50-47-44-41-38-35-27-24-21-18-15-12-9-6-3/h7,10,16,19,25-26,28-29,32,34,40,43,57-59,63-64H,4-6,8-9,11-15,17-18,20-24,27,30-31,33,35-39,41-42,44-56H2,1-3H3,(H,62,65)/b10-7-,19-16-,28-25-,29-26+,34-32-,43-40-. The van der Waals surface area contributed by atoms with Gasteiger partial charge in [0, 0.05) is 6.42 Å². The zero-order valence-electron chi connectivity index (χ0n) is 44.3. The number of nitrogens with one attached hydrogen (secondary N) is 1. The van der Waals surface area contributed by atoms with Crippen LogP contribution in [0.25, 0.3) is 0 Å². The van der Waals surface area contributed by atoms with E-state index in [1.807, 2.05) is 0 Å². The first-order valence-electron chi connectivity index (χ1n) is 28.7. The van der Waals surface area contributed by atoms with Gasteiger partial charge in [-0.2, -0.15) is 0 Å². The Morgan fingerprint density at radius 2 is 0.821 bits per heavy atom. The highest BCUT2D eigenvalue weighted by atomic mass is 16.5. The summed E-state index contributed by atoms with van der Waals surface area (Å²) in [6.45, 7) is 6.37. The highest BCUT2D eigenvalue weighted by Gasteiger charge is 2.24. The van der Waals surface area contributed by atoms with Crippen LogP contribution in [0.3, 0.4) is 0 Å². The van der Waals surface area contributed by atoms with Crippen molar-refractivity contribution in [1.82, 2.24) is 5.32 Å². The average molecular weight is 937 g/mol. The van der Waals surface area contributed by atoms with Gasteiger partial charge < -0.3 is 20.3 Å². The third-order valence-electron chi connectivity index (χ3n) is 12.8. The maximum absolute atomic E-state index is 13.3. The van der Waals surface area contributed by atoms with Crippen LogP contribution >= 0.6 is 0 Å². The summed E-state index contributed by atoms with van der Waals surface area (Å²) >= 11 is 0. The molecule has 0 aliphatic carbocycles. The fourth-order valence-corrected chi connectivity index (χ4v) is 8.46. The summed E-state index contributed by atoms with van der Waals surface area (Å²) < 4.78 is 5.93. The number of hydrogen-bond acceptors (Lipinski definition) is 5. The summed E-state index contributed by atoms with van der Waals surface area (Å²) in [5.41, 5.74) is 0. The minimum Gasteiger partial charge on any atom is -0.462 e. The molecule has 1 amide bonds. The lowest BCUT2D eigenvalue weighted by Crippen LogP contribution is -2.46. The van der Waals surface area contributed by atoms with E-state index in [0.29, 0.717) is 19.3 Å². The normalized spacial score (nSPS) is 13.7. The summed E-state index contributed by atoms with van der Waals surface area (Å²) in [5.74, 6) is -0.531. The molecular weight excluding hydrogens is 827 g/mol. The summed E-state index contributed by atoms with van der Waals surface area (Å²) in [6.07, 6.45) is 69.7. The molecule has 0 saturated heterocycles. The molecule has 0 saturated carbocycles. The number of hydrogen-bond donors (Lipinski definition) is 3. The van der Waals surface area contributed by atoms with Gasteiger partial charge in [-0.05, 0) is 89.9 Å². The Morgan fingerprint density at radius 3 is 1.27 bits per heavy atom. The molecule has 0 aromatic carbocycles. The number of carbonyl (C=O) groups excluding carboxylic acids is 2. The van der Waals surface area contributed by atoms with E-state index in [9.17, 15) is 19.8 Å². The molecule has 0 aromatic heterocycles. The van der Waals surface area contributed by atoms with Crippen LogP contribution in [-0.2, 0) is 14.3 Å². The van der Waals surface area contributed by atoms with Crippen molar-refractivity contribution in [3.05, 3.63) is 72.9 Å². The molecule has 0 aromatic rings. The molecule has 3 unspecified atom stereocenters. The van der Waals surface area contributed by atoms with Crippen molar-refractivity contribution in [3.63, 3.8) is 0 Å². The van der Waals surface area contributed by atoms with Crippen molar-refractivity contribution >= 4 is 11.9 Å². The van der Waals surface area contributed by atoms with Gasteiger partial charge in [-0.15, -0.1) is 0 Å². The van der Waals surface area contributed by atoms with Crippen molar-refractivity contribution in [1.29, 1.82) is 0 Å². The van der Waals surface area contributed by atoms with E-state index in [1.54, 1.807) is 0 Å². The monoisotopic (exact) mass is 936 g/mol. The molecule has 0 aliphatic heterocycles. The van der Waals surface area contributed by atoms with Gasteiger partial charge in [0.05, 0.1) is 25.2 Å². The molecule has 0 spiro atoms. The van der Waals surface area contributed by atoms with Crippen LogP contribution in [-0.4, -0.2) is 46.9 Å². The smallest absolute Gasteiger partial charge is 0.306 e. The Labute approximate surface area is 415 Å². The van der Waals surface area contributed by atoms with Crippen LogP contribution in [0.4, 0.5) is 0 Å². The Kier molecular flexibility index (Phi) is 52.1. The minimum absolute atomic E-state index is 0.0354. The molecular formula is C61H109NO5. The quantitative estimate of drug-likeness (QED) is 0.0321. The van der Waals surface area contributed by atoms with Crippen LogP contribution in [0.5, 0.6) is 0 Å².